The van der Waals surface area contributed by atoms with Crippen LogP contribution in [0.5, 0.6) is 0 Å². The number of amides is 2. The lowest BCUT2D eigenvalue weighted by atomic mass is 9.99. The molecule has 1 fully saturated rings. The minimum absolute atomic E-state index is 0.142. The van der Waals surface area contributed by atoms with E-state index in [1.165, 1.54) is 0 Å². The lowest BCUT2D eigenvalue weighted by Crippen LogP contribution is -2.46. The number of anilines is 1. The highest BCUT2D eigenvalue weighted by atomic mass is 16.2. The molecule has 1 aliphatic carbocycles. The van der Waals surface area contributed by atoms with Gasteiger partial charge in [-0.2, -0.15) is 0 Å². The maximum absolute atomic E-state index is 14.3. The number of aryl methyl sites for hydroxylation is 4. The van der Waals surface area contributed by atoms with Crippen LogP contribution < -0.4 is 10.2 Å². The quantitative estimate of drug-likeness (QED) is 0.360. The van der Waals surface area contributed by atoms with Gasteiger partial charge >= 0.3 is 0 Å². The van der Waals surface area contributed by atoms with Gasteiger partial charge in [-0.1, -0.05) is 60.4 Å². The second-order valence-electron chi connectivity index (χ2n) is 10.2. The minimum atomic E-state index is -0.808. The summed E-state index contributed by atoms with van der Waals surface area (Å²) in [6.07, 6.45) is 4.18. The molecular formula is C31H34N4O2. The van der Waals surface area contributed by atoms with Gasteiger partial charge in [0.15, 0.2) is 0 Å². The number of carbonyl (C=O) groups excluding carboxylic acids is 2. The number of carbonyl (C=O) groups is 2. The molecule has 37 heavy (non-hydrogen) atoms. The van der Waals surface area contributed by atoms with Gasteiger partial charge in [0.25, 0.3) is 5.91 Å². The molecule has 1 saturated carbocycles. The van der Waals surface area contributed by atoms with Crippen molar-refractivity contribution in [3.63, 3.8) is 0 Å². The predicted octanol–water partition coefficient (Wildman–Crippen LogP) is 5.95. The summed E-state index contributed by atoms with van der Waals surface area (Å²) in [5, 5.41) is 3.25. The van der Waals surface area contributed by atoms with Crippen molar-refractivity contribution >= 4 is 28.5 Å². The number of rotatable bonds is 6. The van der Waals surface area contributed by atoms with Gasteiger partial charge < -0.3 is 9.88 Å². The Bertz CT molecular complexity index is 1430. The molecule has 0 radical (unpaired) electrons. The molecule has 1 heterocycles. The number of benzene rings is 3. The van der Waals surface area contributed by atoms with Gasteiger partial charge in [0.05, 0.1) is 11.0 Å². The molecule has 190 valence electrons. The van der Waals surface area contributed by atoms with Crippen molar-refractivity contribution in [2.75, 3.05) is 4.90 Å². The second-order valence-corrected chi connectivity index (χ2v) is 10.2. The van der Waals surface area contributed by atoms with Crippen LogP contribution in [0, 0.1) is 20.8 Å². The largest absolute Gasteiger partial charge is 0.351 e. The van der Waals surface area contributed by atoms with Crippen molar-refractivity contribution in [2.24, 2.45) is 7.05 Å². The summed E-state index contributed by atoms with van der Waals surface area (Å²) >= 11 is 0. The van der Waals surface area contributed by atoms with E-state index in [1.54, 1.807) is 4.90 Å². The third-order valence-electron chi connectivity index (χ3n) is 7.48. The van der Waals surface area contributed by atoms with Crippen molar-refractivity contribution in [3.8, 4) is 0 Å². The summed E-state index contributed by atoms with van der Waals surface area (Å²) < 4.78 is 2.01. The first-order valence-corrected chi connectivity index (χ1v) is 13.0. The Hall–Kier alpha value is -3.93. The summed E-state index contributed by atoms with van der Waals surface area (Å²) in [4.78, 5) is 34.5. The molecule has 5 rings (SSSR count). The first kappa shape index (κ1) is 24.8. The van der Waals surface area contributed by atoms with Gasteiger partial charge in [0, 0.05) is 24.3 Å². The molecular weight excluding hydrogens is 460 g/mol. The Morgan fingerprint density at radius 3 is 2.19 bits per heavy atom. The first-order chi connectivity index (χ1) is 17.8. The van der Waals surface area contributed by atoms with E-state index < -0.39 is 6.04 Å². The Morgan fingerprint density at radius 1 is 0.919 bits per heavy atom. The molecule has 1 N–H and O–H groups in total. The number of hydrogen-bond acceptors (Lipinski definition) is 3. The lowest BCUT2D eigenvalue weighted by Gasteiger charge is -2.32. The zero-order chi connectivity index (χ0) is 26.1. The van der Waals surface area contributed by atoms with Crippen LogP contribution in [0.4, 0.5) is 5.69 Å². The summed E-state index contributed by atoms with van der Waals surface area (Å²) in [5.74, 6) is 0.490. The molecule has 4 aromatic rings. The van der Waals surface area contributed by atoms with Crippen LogP contribution in [0.2, 0.25) is 0 Å². The molecule has 1 atom stereocenters. The van der Waals surface area contributed by atoms with E-state index in [1.807, 2.05) is 99.1 Å². The normalized spacial score (nSPS) is 14.6. The van der Waals surface area contributed by atoms with Crippen LogP contribution >= 0.6 is 0 Å². The van der Waals surface area contributed by atoms with E-state index in [-0.39, 0.29) is 17.9 Å². The summed E-state index contributed by atoms with van der Waals surface area (Å²) in [5.41, 5.74) is 5.87. The van der Waals surface area contributed by atoms with Gasteiger partial charge in [-0.15, -0.1) is 0 Å². The third-order valence-corrected chi connectivity index (χ3v) is 7.48. The number of nitrogens with one attached hydrogen (secondary N) is 1. The molecule has 0 saturated heterocycles. The van der Waals surface area contributed by atoms with Crippen LogP contribution in [0.3, 0.4) is 0 Å². The Kier molecular flexibility index (Phi) is 6.83. The van der Waals surface area contributed by atoms with Crippen LogP contribution in [0.25, 0.3) is 11.0 Å². The monoisotopic (exact) mass is 494 g/mol. The molecule has 6 nitrogen and oxygen atoms in total. The number of nitrogens with zero attached hydrogens (tertiary/aromatic N) is 3. The number of imidazole rings is 1. The highest BCUT2D eigenvalue weighted by molar-refractivity contribution is 6.11. The highest BCUT2D eigenvalue weighted by Gasteiger charge is 2.35. The Morgan fingerprint density at radius 2 is 1.54 bits per heavy atom. The molecule has 6 heteroatoms. The Balaban J connectivity index is 1.62. The maximum atomic E-state index is 14.3. The van der Waals surface area contributed by atoms with Gasteiger partial charge in [-0.3, -0.25) is 14.5 Å². The van der Waals surface area contributed by atoms with Crippen molar-refractivity contribution in [1.29, 1.82) is 0 Å². The molecule has 0 spiro atoms. The van der Waals surface area contributed by atoms with E-state index in [0.717, 1.165) is 59.2 Å². The minimum Gasteiger partial charge on any atom is -0.351 e. The van der Waals surface area contributed by atoms with Crippen molar-refractivity contribution in [1.82, 2.24) is 14.9 Å². The van der Waals surface area contributed by atoms with E-state index in [4.69, 9.17) is 0 Å². The predicted molar refractivity (Wildman–Crippen MR) is 148 cm³/mol. The van der Waals surface area contributed by atoms with Crippen molar-refractivity contribution in [3.05, 3.63) is 94.8 Å². The first-order valence-electron chi connectivity index (χ1n) is 13.0. The van der Waals surface area contributed by atoms with E-state index in [9.17, 15) is 9.59 Å². The smallest absolute Gasteiger partial charge is 0.259 e. The third kappa shape index (κ3) is 5.01. The number of fused-ring (bicyclic) bond motifs is 1. The highest BCUT2D eigenvalue weighted by Crippen LogP contribution is 2.32. The Labute approximate surface area is 218 Å². The van der Waals surface area contributed by atoms with Crippen molar-refractivity contribution < 1.29 is 9.59 Å². The van der Waals surface area contributed by atoms with E-state index >= 15 is 0 Å². The molecule has 0 bridgehead atoms. The van der Waals surface area contributed by atoms with Crippen molar-refractivity contribution in [2.45, 2.75) is 58.5 Å². The molecule has 0 aliphatic heterocycles. The second kappa shape index (κ2) is 10.2. The van der Waals surface area contributed by atoms with Gasteiger partial charge in [0.2, 0.25) is 5.91 Å². The van der Waals surface area contributed by atoms with Gasteiger partial charge in [0.1, 0.15) is 11.9 Å². The standard InChI is InChI=1S/C31H34N4O2/c1-20-9-13-23(14-10-20)29(30(36)33-25-7-5-6-8-25)35(26-16-11-21(2)12-17-26)31(37)24-15-18-28-27(19-24)32-22(3)34(28)4/h9-19,25,29H,5-8H2,1-4H3,(H,33,36). The topological polar surface area (TPSA) is 67.2 Å². The van der Waals surface area contributed by atoms with Crippen LogP contribution in [-0.4, -0.2) is 27.4 Å². The number of hydrogen-bond donors (Lipinski definition) is 1. The average molecular weight is 495 g/mol. The van der Waals surface area contributed by atoms with E-state index in [2.05, 4.69) is 10.3 Å². The lowest BCUT2D eigenvalue weighted by molar-refractivity contribution is -0.123. The fraction of sp³-hybridized carbons (Fsp3) is 0.323. The fourth-order valence-electron chi connectivity index (χ4n) is 5.20. The molecule has 2 amide bonds. The summed E-state index contributed by atoms with van der Waals surface area (Å²) in [6, 6.07) is 20.6. The van der Waals surface area contributed by atoms with Crippen LogP contribution in [0.1, 0.15) is 64.6 Å². The molecule has 1 aliphatic rings. The van der Waals surface area contributed by atoms with Gasteiger partial charge in [-0.25, -0.2) is 4.98 Å². The van der Waals surface area contributed by atoms with Crippen LogP contribution in [-0.2, 0) is 11.8 Å². The summed E-state index contributed by atoms with van der Waals surface area (Å²) in [6.45, 7) is 5.97. The summed E-state index contributed by atoms with van der Waals surface area (Å²) in [7, 11) is 1.96. The molecule has 3 aromatic carbocycles. The van der Waals surface area contributed by atoms with Crippen LogP contribution in [0.15, 0.2) is 66.7 Å². The SMILES string of the molecule is Cc1ccc(C(C(=O)NC2CCCC2)N(C(=O)c2ccc3c(c2)nc(C)n3C)c2ccc(C)cc2)cc1. The molecule has 1 aromatic heterocycles. The average Bonchev–Trinajstić information content (AvgIpc) is 3.50. The zero-order valence-electron chi connectivity index (χ0n) is 22.0. The zero-order valence-corrected chi connectivity index (χ0v) is 22.0. The van der Waals surface area contributed by atoms with E-state index in [0.29, 0.717) is 11.3 Å². The molecule has 1 unspecified atom stereocenters. The maximum Gasteiger partial charge on any atom is 0.259 e. The number of aromatic nitrogens is 2. The fourth-order valence-corrected chi connectivity index (χ4v) is 5.20. The van der Waals surface area contributed by atoms with Gasteiger partial charge in [-0.05, 0) is 69.5 Å².